The van der Waals surface area contributed by atoms with E-state index in [0.717, 1.165) is 5.56 Å². The Morgan fingerprint density at radius 3 is 2.25 bits per heavy atom. The maximum atomic E-state index is 5.81. The molecule has 1 aromatic rings. The first kappa shape index (κ1) is 10.4. The van der Waals surface area contributed by atoms with Crippen LogP contribution in [0.5, 0.6) is 0 Å². The summed E-state index contributed by atoms with van der Waals surface area (Å²) in [5, 5.41) is 0. The van der Waals surface area contributed by atoms with E-state index in [1.54, 1.807) is 0 Å². The fourth-order valence-electron chi connectivity index (χ4n) is 1.02. The van der Waals surface area contributed by atoms with Crippen LogP contribution in [-0.2, 0) is 6.04 Å². The summed E-state index contributed by atoms with van der Waals surface area (Å²) in [6.07, 6.45) is 0. The van der Waals surface area contributed by atoms with Crippen LogP contribution >= 0.6 is 33.2 Å². The van der Waals surface area contributed by atoms with Gasteiger partial charge in [0.1, 0.15) is 0 Å². The van der Waals surface area contributed by atoms with Crippen molar-refractivity contribution in [3.05, 3.63) is 35.4 Å². The Morgan fingerprint density at radius 2 is 1.75 bits per heavy atom. The highest BCUT2D eigenvalue weighted by atomic mass is 35.8. The number of hydrogen-bond donors (Lipinski definition) is 0. The molecule has 1 aromatic carbocycles. The zero-order valence-electron chi connectivity index (χ0n) is 6.65. The van der Waals surface area contributed by atoms with E-state index in [1.807, 2.05) is 31.2 Å². The van der Waals surface area contributed by atoms with Crippen LogP contribution in [0.15, 0.2) is 24.3 Å². The first-order valence-corrected chi connectivity index (χ1v) is 8.84. The summed E-state index contributed by atoms with van der Waals surface area (Å²) in [5.41, 5.74) is 2.33. The summed E-state index contributed by atoms with van der Waals surface area (Å²) >= 11 is 17.4. The lowest BCUT2D eigenvalue weighted by Gasteiger charge is -2.09. The van der Waals surface area contributed by atoms with Crippen LogP contribution in [0, 0.1) is 6.92 Å². The third kappa shape index (κ3) is 3.36. The quantitative estimate of drug-likeness (QED) is 0.545. The normalized spacial score (nSPS) is 11.7. The van der Waals surface area contributed by atoms with Crippen LogP contribution in [0.2, 0.25) is 0 Å². The maximum absolute atomic E-state index is 5.81. The van der Waals surface area contributed by atoms with Gasteiger partial charge >= 0.3 is 6.00 Å². The molecule has 0 N–H and O–H groups in total. The molecule has 1 rings (SSSR count). The smallest absolute Gasteiger partial charge is 0.126 e. The zero-order valence-corrected chi connectivity index (χ0v) is 9.92. The van der Waals surface area contributed by atoms with Gasteiger partial charge in [0.15, 0.2) is 0 Å². The Morgan fingerprint density at radius 1 is 1.17 bits per heavy atom. The number of halogens is 3. The van der Waals surface area contributed by atoms with Crippen LogP contribution < -0.4 is 0 Å². The summed E-state index contributed by atoms with van der Waals surface area (Å²) < 4.78 is 0. The Kier molecular flexibility index (Phi) is 3.47. The van der Waals surface area contributed by atoms with Crippen molar-refractivity contribution in [2.45, 2.75) is 13.0 Å². The van der Waals surface area contributed by atoms with Crippen LogP contribution in [0.25, 0.3) is 0 Å². The van der Waals surface area contributed by atoms with E-state index in [-0.39, 0.29) is 0 Å². The Balaban J connectivity index is 2.83. The number of rotatable bonds is 2. The second kappa shape index (κ2) is 4.01. The van der Waals surface area contributed by atoms with Crippen molar-refractivity contribution in [1.82, 2.24) is 0 Å². The largest absolute Gasteiger partial charge is 0.345 e. The molecule has 0 nitrogen and oxygen atoms in total. The highest BCUT2D eigenvalue weighted by molar-refractivity contribution is 7.64. The molecular formula is C8H9Cl3Si. The molecule has 0 bridgehead atoms. The fraction of sp³-hybridized carbons (Fsp3) is 0.250. The average Bonchev–Trinajstić information content (AvgIpc) is 1.91. The van der Waals surface area contributed by atoms with Crippen LogP contribution in [-0.4, -0.2) is 6.00 Å². The highest BCUT2D eigenvalue weighted by Gasteiger charge is 2.25. The Bertz CT molecular complexity index is 267. The van der Waals surface area contributed by atoms with E-state index in [4.69, 9.17) is 33.2 Å². The SMILES string of the molecule is Cc1ccccc1C[Si](Cl)(Cl)Cl. The van der Waals surface area contributed by atoms with Crippen molar-refractivity contribution in [1.29, 1.82) is 0 Å². The third-order valence-corrected chi connectivity index (χ3v) is 3.64. The second-order valence-electron chi connectivity index (χ2n) is 2.72. The number of benzene rings is 1. The number of hydrogen-bond acceptors (Lipinski definition) is 0. The predicted molar refractivity (Wildman–Crippen MR) is 58.2 cm³/mol. The zero-order chi connectivity index (χ0) is 9.19. The molecule has 0 spiro atoms. The Hall–Kier alpha value is 0.307. The molecule has 0 heterocycles. The van der Waals surface area contributed by atoms with E-state index in [1.165, 1.54) is 5.56 Å². The molecule has 0 atom stereocenters. The molecule has 0 saturated heterocycles. The van der Waals surface area contributed by atoms with Gasteiger partial charge in [-0.15, -0.1) is 33.2 Å². The van der Waals surface area contributed by atoms with Gasteiger partial charge in [0.05, 0.1) is 0 Å². The van der Waals surface area contributed by atoms with Crippen molar-refractivity contribution in [2.24, 2.45) is 0 Å². The molecule has 0 fully saturated rings. The molecule has 0 saturated carbocycles. The molecule has 0 aliphatic heterocycles. The van der Waals surface area contributed by atoms with Crippen LogP contribution in [0.1, 0.15) is 11.1 Å². The van der Waals surface area contributed by atoms with Crippen molar-refractivity contribution in [3.63, 3.8) is 0 Å². The van der Waals surface area contributed by atoms with Gasteiger partial charge in [-0.2, -0.15) is 0 Å². The monoisotopic (exact) mass is 238 g/mol. The topological polar surface area (TPSA) is 0 Å². The summed E-state index contributed by atoms with van der Waals surface area (Å²) in [5.74, 6) is 0. The molecule has 0 aliphatic rings. The minimum atomic E-state index is -2.51. The molecular weight excluding hydrogens is 231 g/mol. The summed E-state index contributed by atoms with van der Waals surface area (Å²) in [6, 6.07) is 6.07. The molecule has 4 heteroatoms. The van der Waals surface area contributed by atoms with Gasteiger partial charge < -0.3 is 0 Å². The van der Waals surface area contributed by atoms with Gasteiger partial charge in [0.2, 0.25) is 0 Å². The van der Waals surface area contributed by atoms with Crippen molar-refractivity contribution in [3.8, 4) is 0 Å². The van der Waals surface area contributed by atoms with Gasteiger partial charge in [-0.05, 0) is 18.1 Å². The Labute approximate surface area is 87.6 Å². The van der Waals surface area contributed by atoms with Gasteiger partial charge in [0.25, 0.3) is 0 Å². The molecule has 0 radical (unpaired) electrons. The van der Waals surface area contributed by atoms with E-state index in [2.05, 4.69) is 0 Å². The predicted octanol–water partition coefficient (Wildman–Crippen LogP) is 3.73. The molecule has 0 aliphatic carbocycles. The summed E-state index contributed by atoms with van der Waals surface area (Å²) in [4.78, 5) is 0. The first-order valence-electron chi connectivity index (χ1n) is 3.60. The van der Waals surface area contributed by atoms with Gasteiger partial charge in [-0.1, -0.05) is 24.3 Å². The fourth-order valence-corrected chi connectivity index (χ4v) is 3.15. The van der Waals surface area contributed by atoms with Crippen molar-refractivity contribution >= 4 is 39.2 Å². The van der Waals surface area contributed by atoms with Crippen molar-refractivity contribution in [2.75, 3.05) is 0 Å². The lowest BCUT2D eigenvalue weighted by atomic mass is 10.1. The highest BCUT2D eigenvalue weighted by Crippen LogP contribution is 2.25. The van der Waals surface area contributed by atoms with E-state index >= 15 is 0 Å². The maximum Gasteiger partial charge on any atom is 0.345 e. The lowest BCUT2D eigenvalue weighted by Crippen LogP contribution is -2.14. The van der Waals surface area contributed by atoms with E-state index < -0.39 is 6.00 Å². The summed E-state index contributed by atoms with van der Waals surface area (Å²) in [7, 11) is 0. The molecule has 12 heavy (non-hydrogen) atoms. The minimum absolute atomic E-state index is 0.602. The molecule has 0 amide bonds. The van der Waals surface area contributed by atoms with Gasteiger partial charge in [0, 0.05) is 6.04 Å². The summed E-state index contributed by atoms with van der Waals surface area (Å²) in [6.45, 7) is 2.03. The van der Waals surface area contributed by atoms with Crippen molar-refractivity contribution < 1.29 is 0 Å². The van der Waals surface area contributed by atoms with E-state index in [9.17, 15) is 0 Å². The van der Waals surface area contributed by atoms with Gasteiger partial charge in [-0.25, -0.2) is 0 Å². The molecule has 0 unspecified atom stereocenters. The van der Waals surface area contributed by atoms with Crippen LogP contribution in [0.3, 0.4) is 0 Å². The number of aryl methyl sites for hydroxylation is 1. The van der Waals surface area contributed by atoms with Crippen LogP contribution in [0.4, 0.5) is 0 Å². The van der Waals surface area contributed by atoms with E-state index in [0.29, 0.717) is 6.04 Å². The molecule has 66 valence electrons. The minimum Gasteiger partial charge on any atom is -0.126 e. The third-order valence-electron chi connectivity index (χ3n) is 1.65. The lowest BCUT2D eigenvalue weighted by molar-refractivity contribution is 1.29. The average molecular weight is 240 g/mol. The first-order chi connectivity index (χ1) is 5.49. The van der Waals surface area contributed by atoms with Gasteiger partial charge in [-0.3, -0.25) is 0 Å². The standard InChI is InChI=1S/C8H9Cl3Si/c1-7-4-2-3-5-8(7)6-12(9,10)11/h2-5H,6H2,1H3. The second-order valence-corrected chi connectivity index (χ2v) is 11.9. The molecule has 0 aromatic heterocycles.